The summed E-state index contributed by atoms with van der Waals surface area (Å²) >= 11 is 2.93. The van der Waals surface area contributed by atoms with E-state index in [1.807, 2.05) is 41.1 Å². The molecule has 0 radical (unpaired) electrons. The lowest BCUT2D eigenvalue weighted by molar-refractivity contribution is 0.356. The smallest absolute Gasteiger partial charge is 0.437 e. The Kier molecular flexibility index (Phi) is 4.78. The predicted octanol–water partition coefficient (Wildman–Crippen LogP) is 3.75. The molecule has 7 nitrogen and oxygen atoms in total. The van der Waals surface area contributed by atoms with Crippen molar-refractivity contribution in [3.05, 3.63) is 57.3 Å². The Balaban J connectivity index is 1.62. The molecule has 0 fully saturated rings. The standard InChI is InChI=1S/C18H15N3O4S2/c1-23-13-6-3-5-12(15(13)24-2)17-19-11(10-27-17)9-21-18(22)25-16(20-21)14-7-4-8-26-14/h3-8,10H,9H2,1-2H3. The fourth-order valence-corrected chi connectivity index (χ4v) is 4.10. The van der Waals surface area contributed by atoms with E-state index in [0.29, 0.717) is 23.1 Å². The van der Waals surface area contributed by atoms with E-state index >= 15 is 0 Å². The number of nitrogens with zero attached hydrogens (tertiary/aromatic N) is 3. The Morgan fingerprint density at radius 2 is 2.04 bits per heavy atom. The predicted molar refractivity (Wildman–Crippen MR) is 104 cm³/mol. The molecule has 0 aliphatic rings. The van der Waals surface area contributed by atoms with E-state index < -0.39 is 5.76 Å². The SMILES string of the molecule is COc1cccc(-c2nc(Cn3nc(-c4cccs4)oc3=O)cs2)c1OC. The largest absolute Gasteiger partial charge is 0.493 e. The van der Waals surface area contributed by atoms with Crippen LogP contribution in [0.3, 0.4) is 0 Å². The van der Waals surface area contributed by atoms with Crippen LogP contribution in [0.2, 0.25) is 0 Å². The van der Waals surface area contributed by atoms with Crippen molar-refractivity contribution < 1.29 is 13.9 Å². The Bertz CT molecular complexity index is 1110. The first-order valence-corrected chi connectivity index (χ1v) is 9.73. The van der Waals surface area contributed by atoms with Crippen LogP contribution >= 0.6 is 22.7 Å². The van der Waals surface area contributed by atoms with Gasteiger partial charge in [0.25, 0.3) is 5.89 Å². The van der Waals surface area contributed by atoms with Crippen LogP contribution in [-0.2, 0) is 6.54 Å². The molecule has 0 atom stereocenters. The Morgan fingerprint density at radius 1 is 1.15 bits per heavy atom. The lowest BCUT2D eigenvalue weighted by Gasteiger charge is -2.10. The van der Waals surface area contributed by atoms with Gasteiger partial charge < -0.3 is 13.9 Å². The Morgan fingerprint density at radius 3 is 2.78 bits per heavy atom. The lowest BCUT2D eigenvalue weighted by Crippen LogP contribution is -2.16. The van der Waals surface area contributed by atoms with Gasteiger partial charge in [0.15, 0.2) is 11.5 Å². The van der Waals surface area contributed by atoms with Crippen LogP contribution in [0.4, 0.5) is 0 Å². The van der Waals surface area contributed by atoms with Gasteiger partial charge in [-0.3, -0.25) is 0 Å². The highest BCUT2D eigenvalue weighted by molar-refractivity contribution is 7.13. The van der Waals surface area contributed by atoms with E-state index in [4.69, 9.17) is 13.9 Å². The second-order valence-electron chi connectivity index (χ2n) is 5.49. The van der Waals surface area contributed by atoms with E-state index in [1.165, 1.54) is 27.4 Å². The van der Waals surface area contributed by atoms with E-state index in [1.54, 1.807) is 14.2 Å². The molecular formula is C18H15N3O4S2. The third-order valence-electron chi connectivity index (χ3n) is 3.84. The topological polar surface area (TPSA) is 79.4 Å². The molecule has 0 unspecified atom stereocenters. The molecular weight excluding hydrogens is 386 g/mol. The van der Waals surface area contributed by atoms with Gasteiger partial charge in [0.2, 0.25) is 0 Å². The molecule has 0 N–H and O–H groups in total. The second-order valence-corrected chi connectivity index (χ2v) is 7.30. The van der Waals surface area contributed by atoms with Gasteiger partial charge in [0.1, 0.15) is 5.01 Å². The fourth-order valence-electron chi connectivity index (χ4n) is 2.62. The fraction of sp³-hybridized carbons (Fsp3) is 0.167. The third-order valence-corrected chi connectivity index (χ3v) is 5.62. The number of hydrogen-bond donors (Lipinski definition) is 0. The molecule has 3 heterocycles. The van der Waals surface area contributed by atoms with Gasteiger partial charge >= 0.3 is 5.76 Å². The first-order chi connectivity index (χ1) is 13.2. The molecule has 27 heavy (non-hydrogen) atoms. The average molecular weight is 401 g/mol. The molecule has 0 bridgehead atoms. The number of methoxy groups -OCH3 is 2. The third kappa shape index (κ3) is 3.38. The molecule has 0 aliphatic heterocycles. The van der Waals surface area contributed by atoms with Crippen LogP contribution in [0.25, 0.3) is 21.3 Å². The maximum atomic E-state index is 12.1. The quantitative estimate of drug-likeness (QED) is 0.490. The summed E-state index contributed by atoms with van der Waals surface area (Å²) in [5, 5.41) is 8.83. The summed E-state index contributed by atoms with van der Waals surface area (Å²) in [5.74, 6) is 1.08. The van der Waals surface area contributed by atoms with Crippen LogP contribution in [-0.4, -0.2) is 29.0 Å². The molecule has 0 saturated heterocycles. The summed E-state index contributed by atoms with van der Waals surface area (Å²) in [6.45, 7) is 0.233. The molecule has 0 saturated carbocycles. The first-order valence-electron chi connectivity index (χ1n) is 7.97. The van der Waals surface area contributed by atoms with Crippen molar-refractivity contribution in [3.8, 4) is 32.8 Å². The Hall–Kier alpha value is -2.91. The van der Waals surface area contributed by atoms with Crippen LogP contribution in [0.1, 0.15) is 5.69 Å². The number of para-hydroxylation sites is 1. The van der Waals surface area contributed by atoms with Gasteiger partial charge in [-0.15, -0.1) is 27.8 Å². The number of aromatic nitrogens is 3. The highest BCUT2D eigenvalue weighted by atomic mass is 32.1. The van der Waals surface area contributed by atoms with Gasteiger partial charge in [-0.1, -0.05) is 12.1 Å². The van der Waals surface area contributed by atoms with Crippen LogP contribution in [0, 0.1) is 0 Å². The monoisotopic (exact) mass is 401 g/mol. The lowest BCUT2D eigenvalue weighted by atomic mass is 10.2. The van der Waals surface area contributed by atoms with Crippen molar-refractivity contribution in [2.24, 2.45) is 0 Å². The zero-order valence-electron chi connectivity index (χ0n) is 14.5. The molecule has 1 aromatic carbocycles. The molecule has 9 heteroatoms. The minimum absolute atomic E-state index is 0.233. The molecule has 4 aromatic rings. The van der Waals surface area contributed by atoms with Gasteiger partial charge in [0.05, 0.1) is 36.9 Å². The van der Waals surface area contributed by atoms with E-state index in [2.05, 4.69) is 10.1 Å². The van der Waals surface area contributed by atoms with Crippen LogP contribution in [0.15, 0.2) is 50.3 Å². The zero-order valence-corrected chi connectivity index (χ0v) is 16.2. The van der Waals surface area contributed by atoms with E-state index in [-0.39, 0.29) is 6.54 Å². The summed E-state index contributed by atoms with van der Waals surface area (Å²) in [6.07, 6.45) is 0. The molecule has 138 valence electrons. The zero-order chi connectivity index (χ0) is 18.8. The van der Waals surface area contributed by atoms with Crippen molar-refractivity contribution >= 4 is 22.7 Å². The number of ether oxygens (including phenoxy) is 2. The first kappa shape index (κ1) is 17.5. The van der Waals surface area contributed by atoms with Crippen molar-refractivity contribution in [2.75, 3.05) is 14.2 Å². The molecule has 4 rings (SSSR count). The van der Waals surface area contributed by atoms with Crippen LogP contribution in [0.5, 0.6) is 11.5 Å². The normalized spacial score (nSPS) is 10.9. The van der Waals surface area contributed by atoms with Crippen molar-refractivity contribution in [2.45, 2.75) is 6.54 Å². The molecule has 0 amide bonds. The number of thiophene rings is 1. The average Bonchev–Trinajstić information content (AvgIpc) is 3.43. The molecule has 0 aliphatic carbocycles. The Labute approximate surface area is 162 Å². The molecule has 0 spiro atoms. The van der Waals surface area contributed by atoms with Crippen LogP contribution < -0.4 is 15.2 Å². The van der Waals surface area contributed by atoms with E-state index in [9.17, 15) is 4.79 Å². The maximum absolute atomic E-state index is 12.1. The minimum atomic E-state index is -0.507. The number of benzene rings is 1. The number of hydrogen-bond acceptors (Lipinski definition) is 8. The van der Waals surface area contributed by atoms with Crippen molar-refractivity contribution in [1.29, 1.82) is 0 Å². The highest BCUT2D eigenvalue weighted by Crippen LogP contribution is 2.39. The minimum Gasteiger partial charge on any atom is -0.493 e. The highest BCUT2D eigenvalue weighted by Gasteiger charge is 2.16. The number of rotatable bonds is 6. The van der Waals surface area contributed by atoms with Crippen molar-refractivity contribution in [1.82, 2.24) is 14.8 Å². The van der Waals surface area contributed by atoms with Gasteiger partial charge in [0, 0.05) is 5.38 Å². The summed E-state index contributed by atoms with van der Waals surface area (Å²) in [5.41, 5.74) is 1.55. The van der Waals surface area contributed by atoms with Gasteiger partial charge in [-0.05, 0) is 23.6 Å². The maximum Gasteiger partial charge on any atom is 0.437 e. The van der Waals surface area contributed by atoms with Gasteiger partial charge in [-0.2, -0.15) is 4.68 Å². The molecule has 3 aromatic heterocycles. The number of thiazole rings is 1. The summed E-state index contributed by atoms with van der Waals surface area (Å²) in [6, 6.07) is 9.37. The van der Waals surface area contributed by atoms with Crippen molar-refractivity contribution in [3.63, 3.8) is 0 Å². The summed E-state index contributed by atoms with van der Waals surface area (Å²) < 4.78 is 17.3. The second kappa shape index (κ2) is 7.37. The summed E-state index contributed by atoms with van der Waals surface area (Å²) in [7, 11) is 3.19. The van der Waals surface area contributed by atoms with Gasteiger partial charge in [-0.25, -0.2) is 9.78 Å². The van der Waals surface area contributed by atoms with E-state index in [0.717, 1.165) is 15.4 Å². The summed E-state index contributed by atoms with van der Waals surface area (Å²) in [4.78, 5) is 17.5.